The van der Waals surface area contributed by atoms with Crippen LogP contribution in [0.15, 0.2) is 0 Å². The van der Waals surface area contributed by atoms with Gasteiger partial charge in [0.15, 0.2) is 9.84 Å². The van der Waals surface area contributed by atoms with E-state index in [4.69, 9.17) is 0 Å². The van der Waals surface area contributed by atoms with Gasteiger partial charge in [0.1, 0.15) is 5.25 Å². The van der Waals surface area contributed by atoms with Crippen molar-refractivity contribution in [1.82, 2.24) is 0 Å². The predicted octanol–water partition coefficient (Wildman–Crippen LogP) is 1.22. The first-order valence-electron chi connectivity index (χ1n) is 3.39. The van der Waals surface area contributed by atoms with Gasteiger partial charge in [0, 0.05) is 6.42 Å². The fraction of sp³-hybridized carbons (Fsp3) is 1.00. The quantitative estimate of drug-likeness (QED) is 0.646. The van der Waals surface area contributed by atoms with Crippen LogP contribution in [-0.4, -0.2) is 24.8 Å². The summed E-state index contributed by atoms with van der Waals surface area (Å²) < 4.78 is 46.6. The Hall–Kier alpha value is -0.190. The summed E-state index contributed by atoms with van der Waals surface area (Å²) in [5, 5.41) is -2.10. The van der Waals surface area contributed by atoms with E-state index in [9.17, 15) is 17.2 Å². The van der Waals surface area contributed by atoms with Crippen LogP contribution < -0.4 is 0 Å². The fourth-order valence-corrected chi connectivity index (χ4v) is 2.47. The summed E-state index contributed by atoms with van der Waals surface area (Å²) >= 11 is 0. The molecule has 1 unspecified atom stereocenters. The average Bonchev–Trinajstić information content (AvgIpc) is 2.40. The van der Waals surface area contributed by atoms with Crippen LogP contribution >= 0.6 is 0 Å². The normalized spacial score (nSPS) is 29.0. The maximum atomic E-state index is 12.3. The van der Waals surface area contributed by atoms with E-state index in [0.29, 0.717) is 0 Å². The highest BCUT2D eigenvalue weighted by Crippen LogP contribution is 2.48. The van der Waals surface area contributed by atoms with Crippen LogP contribution in [0.1, 0.15) is 20.3 Å². The van der Waals surface area contributed by atoms with Gasteiger partial charge in [0.2, 0.25) is 0 Å². The van der Waals surface area contributed by atoms with Gasteiger partial charge in [-0.25, -0.2) is 17.2 Å². The summed E-state index contributed by atoms with van der Waals surface area (Å²) in [5.74, 6) is -2.96. The van der Waals surface area contributed by atoms with E-state index in [1.165, 1.54) is 13.8 Å². The van der Waals surface area contributed by atoms with Crippen LogP contribution in [0.4, 0.5) is 8.78 Å². The first-order chi connectivity index (χ1) is 4.78. The van der Waals surface area contributed by atoms with Gasteiger partial charge in [-0.2, -0.15) is 0 Å². The molecule has 0 heterocycles. The molecule has 1 saturated carbocycles. The van der Waals surface area contributed by atoms with E-state index in [-0.39, 0.29) is 0 Å². The summed E-state index contributed by atoms with van der Waals surface area (Å²) in [6.07, 6.45) is -0.493. The third kappa shape index (κ3) is 1.38. The molecule has 11 heavy (non-hydrogen) atoms. The van der Waals surface area contributed by atoms with Crippen LogP contribution in [0.5, 0.6) is 0 Å². The van der Waals surface area contributed by atoms with Crippen LogP contribution in [0.2, 0.25) is 0 Å². The highest BCUT2D eigenvalue weighted by molar-refractivity contribution is 7.93. The molecule has 0 radical (unpaired) electrons. The van der Waals surface area contributed by atoms with Gasteiger partial charge in [-0.15, -0.1) is 0 Å². The molecule has 0 bridgehead atoms. The molecule has 0 aromatic heterocycles. The molecule has 0 aromatic rings. The zero-order valence-electron chi connectivity index (χ0n) is 6.34. The Balaban J connectivity index is 2.80. The highest BCUT2D eigenvalue weighted by atomic mass is 32.2. The van der Waals surface area contributed by atoms with Gasteiger partial charge in [-0.3, -0.25) is 0 Å². The number of rotatable bonds is 2. The van der Waals surface area contributed by atoms with Crippen molar-refractivity contribution in [2.75, 3.05) is 0 Å². The molecular weight excluding hydrogens is 174 g/mol. The second-order valence-corrected chi connectivity index (χ2v) is 5.78. The van der Waals surface area contributed by atoms with Crippen molar-refractivity contribution >= 4 is 9.84 Å². The molecule has 1 rings (SSSR count). The Morgan fingerprint density at radius 2 is 1.82 bits per heavy atom. The Bertz CT molecular complexity index is 256. The van der Waals surface area contributed by atoms with E-state index < -0.39 is 32.7 Å². The summed E-state index contributed by atoms with van der Waals surface area (Å²) in [7, 11) is -3.56. The standard InChI is InChI=1S/C6H10F2O2S/c1-4(2)11(9,10)5-3-6(5,7)8/h4-5H,3H2,1-2H3. The number of alkyl halides is 2. The van der Waals surface area contributed by atoms with Crippen molar-refractivity contribution in [2.45, 2.75) is 36.7 Å². The zero-order valence-corrected chi connectivity index (χ0v) is 7.16. The van der Waals surface area contributed by atoms with Crippen molar-refractivity contribution < 1.29 is 17.2 Å². The first-order valence-corrected chi connectivity index (χ1v) is 5.00. The molecule has 66 valence electrons. The van der Waals surface area contributed by atoms with Gasteiger partial charge in [0.25, 0.3) is 5.92 Å². The SMILES string of the molecule is CC(C)S(=O)(=O)C1CC1(F)F. The summed E-state index contributed by atoms with van der Waals surface area (Å²) in [4.78, 5) is 0. The van der Waals surface area contributed by atoms with Crippen LogP contribution in [0.3, 0.4) is 0 Å². The fourth-order valence-electron chi connectivity index (χ4n) is 0.873. The molecule has 0 saturated heterocycles. The number of halogens is 2. The summed E-state index contributed by atoms with van der Waals surface area (Å²) in [6, 6.07) is 0. The molecular formula is C6H10F2O2S. The topological polar surface area (TPSA) is 34.1 Å². The molecule has 1 aliphatic carbocycles. The van der Waals surface area contributed by atoms with Crippen LogP contribution in [0, 0.1) is 0 Å². The Kier molecular flexibility index (Phi) is 1.74. The van der Waals surface area contributed by atoms with Crippen LogP contribution in [-0.2, 0) is 9.84 Å². The zero-order chi connectivity index (χ0) is 8.86. The van der Waals surface area contributed by atoms with Crippen molar-refractivity contribution in [1.29, 1.82) is 0 Å². The van der Waals surface area contributed by atoms with Gasteiger partial charge in [-0.05, 0) is 13.8 Å². The van der Waals surface area contributed by atoms with E-state index in [2.05, 4.69) is 0 Å². The molecule has 0 N–H and O–H groups in total. The minimum absolute atomic E-state index is 0.493. The van der Waals surface area contributed by atoms with Crippen molar-refractivity contribution in [2.24, 2.45) is 0 Å². The van der Waals surface area contributed by atoms with Crippen molar-refractivity contribution in [3.05, 3.63) is 0 Å². The monoisotopic (exact) mass is 184 g/mol. The van der Waals surface area contributed by atoms with Gasteiger partial charge >= 0.3 is 0 Å². The Labute approximate surface area is 64.5 Å². The molecule has 0 spiro atoms. The largest absolute Gasteiger partial charge is 0.266 e. The third-order valence-electron chi connectivity index (χ3n) is 1.82. The lowest BCUT2D eigenvalue weighted by Crippen LogP contribution is -2.22. The maximum absolute atomic E-state index is 12.3. The summed E-state index contributed by atoms with van der Waals surface area (Å²) in [6.45, 7) is 2.84. The predicted molar refractivity (Wildman–Crippen MR) is 37.4 cm³/mol. The second-order valence-electron chi connectivity index (χ2n) is 3.09. The maximum Gasteiger partial charge on any atom is 0.266 e. The smallest absolute Gasteiger partial charge is 0.228 e. The molecule has 1 atom stereocenters. The molecule has 1 fully saturated rings. The molecule has 1 aliphatic rings. The average molecular weight is 184 g/mol. The molecule has 0 aromatic carbocycles. The van der Waals surface area contributed by atoms with E-state index in [1.54, 1.807) is 0 Å². The van der Waals surface area contributed by atoms with E-state index in [0.717, 1.165) is 0 Å². The lowest BCUT2D eigenvalue weighted by atomic mass is 10.6. The molecule has 0 amide bonds. The van der Waals surface area contributed by atoms with E-state index >= 15 is 0 Å². The molecule has 5 heteroatoms. The van der Waals surface area contributed by atoms with Gasteiger partial charge in [-0.1, -0.05) is 0 Å². The number of hydrogen-bond donors (Lipinski definition) is 0. The van der Waals surface area contributed by atoms with Gasteiger partial charge in [0.05, 0.1) is 5.25 Å². The number of sulfone groups is 1. The Morgan fingerprint density at radius 1 is 1.45 bits per heavy atom. The summed E-state index contributed by atoms with van der Waals surface area (Å²) in [5.41, 5.74) is 0. The van der Waals surface area contributed by atoms with E-state index in [1.807, 2.05) is 0 Å². The lowest BCUT2D eigenvalue weighted by Gasteiger charge is -2.04. The minimum Gasteiger partial charge on any atom is -0.228 e. The lowest BCUT2D eigenvalue weighted by molar-refractivity contribution is 0.121. The molecule has 0 aliphatic heterocycles. The molecule has 2 nitrogen and oxygen atoms in total. The second kappa shape index (κ2) is 2.15. The minimum atomic E-state index is -3.56. The highest BCUT2D eigenvalue weighted by Gasteiger charge is 2.64. The van der Waals surface area contributed by atoms with Crippen molar-refractivity contribution in [3.8, 4) is 0 Å². The van der Waals surface area contributed by atoms with Crippen molar-refractivity contribution in [3.63, 3.8) is 0 Å². The third-order valence-corrected chi connectivity index (χ3v) is 4.44. The van der Waals surface area contributed by atoms with Gasteiger partial charge < -0.3 is 0 Å². The first kappa shape index (κ1) is 8.90. The Morgan fingerprint density at radius 3 is 1.91 bits per heavy atom. The number of hydrogen-bond acceptors (Lipinski definition) is 2. The van der Waals surface area contributed by atoms with Crippen LogP contribution in [0.25, 0.3) is 0 Å².